The molecule has 2 rings (SSSR count). The smallest absolute Gasteiger partial charge is 0.416 e. The number of hydrogen-bond donors (Lipinski definition) is 1. The Balaban J connectivity index is 2.38. The standard InChI is InChI=1S/C21H20F3NO2/c1-2-14-27-18-12-8-16(9-13-18)19(4-3-5-20(25)26)15-6-10-17(11-7-15)21(22,23)24/h3-13H,2,14H2,1H3,(H2,25,26)/b5-3+,19-4-. The summed E-state index contributed by atoms with van der Waals surface area (Å²) in [4.78, 5) is 10.9. The van der Waals surface area contributed by atoms with E-state index in [-0.39, 0.29) is 0 Å². The first-order valence-corrected chi connectivity index (χ1v) is 8.40. The second-order valence-electron chi connectivity index (χ2n) is 5.79. The Hall–Kier alpha value is -3.02. The summed E-state index contributed by atoms with van der Waals surface area (Å²) in [6, 6.07) is 12.1. The third-order valence-electron chi connectivity index (χ3n) is 3.68. The molecule has 0 heterocycles. The number of amides is 1. The maximum atomic E-state index is 12.8. The molecule has 0 aliphatic heterocycles. The van der Waals surface area contributed by atoms with Crippen molar-refractivity contribution in [1.29, 1.82) is 0 Å². The van der Waals surface area contributed by atoms with Gasteiger partial charge < -0.3 is 10.5 Å². The van der Waals surface area contributed by atoms with E-state index in [4.69, 9.17) is 10.5 Å². The van der Waals surface area contributed by atoms with Gasteiger partial charge in [0.2, 0.25) is 5.91 Å². The molecule has 0 saturated heterocycles. The molecule has 2 N–H and O–H groups in total. The van der Waals surface area contributed by atoms with Gasteiger partial charge in [-0.1, -0.05) is 43.3 Å². The Morgan fingerprint density at radius 3 is 2.07 bits per heavy atom. The van der Waals surface area contributed by atoms with Crippen molar-refractivity contribution in [3.8, 4) is 5.75 Å². The summed E-state index contributed by atoms with van der Waals surface area (Å²) in [6.45, 7) is 2.60. The number of carbonyl (C=O) groups is 1. The molecule has 1 amide bonds. The number of carbonyl (C=O) groups excluding carboxylic acids is 1. The van der Waals surface area contributed by atoms with Gasteiger partial charge in [0.1, 0.15) is 5.75 Å². The van der Waals surface area contributed by atoms with Crippen LogP contribution in [-0.4, -0.2) is 12.5 Å². The first kappa shape index (κ1) is 20.3. The zero-order valence-corrected chi connectivity index (χ0v) is 14.8. The Kier molecular flexibility index (Phi) is 6.82. The molecular formula is C21H20F3NO2. The Labute approximate surface area is 156 Å². The highest BCUT2D eigenvalue weighted by molar-refractivity contribution is 5.87. The second-order valence-corrected chi connectivity index (χ2v) is 5.79. The molecule has 0 aliphatic carbocycles. The zero-order valence-electron chi connectivity index (χ0n) is 14.8. The van der Waals surface area contributed by atoms with Crippen molar-refractivity contribution in [2.45, 2.75) is 19.5 Å². The number of ether oxygens (including phenoxy) is 1. The highest BCUT2D eigenvalue weighted by Gasteiger charge is 2.30. The van der Waals surface area contributed by atoms with Crippen molar-refractivity contribution in [2.75, 3.05) is 6.61 Å². The van der Waals surface area contributed by atoms with Crippen LogP contribution in [0.2, 0.25) is 0 Å². The van der Waals surface area contributed by atoms with Gasteiger partial charge in [-0.05, 0) is 47.4 Å². The van der Waals surface area contributed by atoms with Crippen LogP contribution >= 0.6 is 0 Å². The molecule has 27 heavy (non-hydrogen) atoms. The minimum absolute atomic E-state index is 0.583. The van der Waals surface area contributed by atoms with Crippen molar-refractivity contribution in [3.63, 3.8) is 0 Å². The van der Waals surface area contributed by atoms with Crippen LogP contribution in [0.15, 0.2) is 66.8 Å². The normalized spacial score (nSPS) is 12.4. The number of allylic oxidation sites excluding steroid dienone is 2. The SMILES string of the molecule is CCCOc1ccc(/C(=C\C=C\C(N)=O)c2ccc(C(F)(F)F)cc2)cc1. The average Bonchev–Trinajstić information content (AvgIpc) is 2.63. The lowest BCUT2D eigenvalue weighted by molar-refractivity contribution is -0.137. The van der Waals surface area contributed by atoms with Crippen molar-refractivity contribution in [2.24, 2.45) is 5.73 Å². The number of hydrogen-bond acceptors (Lipinski definition) is 2. The Morgan fingerprint density at radius 1 is 1.04 bits per heavy atom. The topological polar surface area (TPSA) is 52.3 Å². The highest BCUT2D eigenvalue weighted by Crippen LogP contribution is 2.31. The zero-order chi connectivity index (χ0) is 19.9. The van der Waals surface area contributed by atoms with Crippen molar-refractivity contribution in [3.05, 3.63) is 83.4 Å². The molecule has 2 aromatic rings. The average molecular weight is 375 g/mol. The van der Waals surface area contributed by atoms with Crippen molar-refractivity contribution in [1.82, 2.24) is 0 Å². The molecule has 0 radical (unpaired) electrons. The number of primary amides is 1. The van der Waals surface area contributed by atoms with Gasteiger partial charge >= 0.3 is 6.18 Å². The van der Waals surface area contributed by atoms with E-state index in [2.05, 4.69) is 0 Å². The molecule has 0 aromatic heterocycles. The lowest BCUT2D eigenvalue weighted by Gasteiger charge is -2.12. The third-order valence-corrected chi connectivity index (χ3v) is 3.68. The molecular weight excluding hydrogens is 355 g/mol. The largest absolute Gasteiger partial charge is 0.494 e. The quantitative estimate of drug-likeness (QED) is 0.549. The van der Waals surface area contributed by atoms with E-state index in [1.165, 1.54) is 24.3 Å². The Morgan fingerprint density at radius 2 is 1.59 bits per heavy atom. The second kappa shape index (κ2) is 9.07. The fraction of sp³-hybridized carbons (Fsp3) is 0.190. The van der Waals surface area contributed by atoms with Crippen molar-refractivity contribution < 1.29 is 22.7 Å². The van der Waals surface area contributed by atoms with Crippen LogP contribution in [-0.2, 0) is 11.0 Å². The van der Waals surface area contributed by atoms with Gasteiger partial charge in [-0.3, -0.25) is 4.79 Å². The molecule has 3 nitrogen and oxygen atoms in total. The maximum Gasteiger partial charge on any atom is 0.416 e. The molecule has 0 fully saturated rings. The summed E-state index contributed by atoms with van der Waals surface area (Å²) >= 11 is 0. The molecule has 6 heteroatoms. The minimum Gasteiger partial charge on any atom is -0.494 e. The van der Waals surface area contributed by atoms with Gasteiger partial charge in [-0.15, -0.1) is 0 Å². The van der Waals surface area contributed by atoms with Gasteiger partial charge in [0, 0.05) is 6.08 Å². The number of rotatable bonds is 7. The molecule has 142 valence electrons. The van der Waals surface area contributed by atoms with E-state index < -0.39 is 17.6 Å². The minimum atomic E-state index is -4.40. The summed E-state index contributed by atoms with van der Waals surface area (Å²) in [6.07, 6.45) is 0.776. The summed E-state index contributed by atoms with van der Waals surface area (Å²) in [5, 5.41) is 0. The van der Waals surface area contributed by atoms with E-state index in [0.717, 1.165) is 24.1 Å². The van der Waals surface area contributed by atoms with Gasteiger partial charge in [0.05, 0.1) is 12.2 Å². The van der Waals surface area contributed by atoms with Gasteiger partial charge in [0.15, 0.2) is 0 Å². The third kappa shape index (κ3) is 6.02. The lowest BCUT2D eigenvalue weighted by Crippen LogP contribution is -2.05. The van der Waals surface area contributed by atoms with E-state index >= 15 is 0 Å². The number of nitrogens with two attached hydrogens (primary N) is 1. The first-order chi connectivity index (χ1) is 12.8. The maximum absolute atomic E-state index is 12.8. The van der Waals surface area contributed by atoms with E-state index in [1.807, 2.05) is 19.1 Å². The fourth-order valence-electron chi connectivity index (χ4n) is 2.39. The van der Waals surface area contributed by atoms with Crippen LogP contribution in [0, 0.1) is 0 Å². The summed E-state index contributed by atoms with van der Waals surface area (Å²) < 4.78 is 43.9. The van der Waals surface area contributed by atoms with Crippen LogP contribution in [0.4, 0.5) is 13.2 Å². The number of benzene rings is 2. The van der Waals surface area contributed by atoms with Crippen LogP contribution in [0.3, 0.4) is 0 Å². The molecule has 0 bridgehead atoms. The van der Waals surface area contributed by atoms with Crippen LogP contribution < -0.4 is 10.5 Å². The Bertz CT molecular complexity index is 820. The van der Waals surface area contributed by atoms with Crippen LogP contribution in [0.1, 0.15) is 30.0 Å². The van der Waals surface area contributed by atoms with Crippen molar-refractivity contribution >= 4 is 11.5 Å². The summed E-state index contributed by atoms with van der Waals surface area (Å²) in [7, 11) is 0. The number of halogens is 3. The predicted molar refractivity (Wildman–Crippen MR) is 99.1 cm³/mol. The molecule has 0 spiro atoms. The van der Waals surface area contributed by atoms with Gasteiger partial charge in [0.25, 0.3) is 0 Å². The predicted octanol–water partition coefficient (Wildman–Crippen LogP) is 4.97. The van der Waals surface area contributed by atoms with Gasteiger partial charge in [-0.25, -0.2) is 0 Å². The monoisotopic (exact) mass is 375 g/mol. The fourth-order valence-corrected chi connectivity index (χ4v) is 2.39. The van der Waals surface area contributed by atoms with E-state index in [1.54, 1.807) is 18.2 Å². The van der Waals surface area contributed by atoms with Crippen LogP contribution in [0.5, 0.6) is 5.75 Å². The first-order valence-electron chi connectivity index (χ1n) is 8.40. The summed E-state index contributed by atoms with van der Waals surface area (Å²) in [5.74, 6) is 0.0985. The molecule has 0 saturated carbocycles. The van der Waals surface area contributed by atoms with E-state index in [9.17, 15) is 18.0 Å². The van der Waals surface area contributed by atoms with E-state index in [0.29, 0.717) is 23.5 Å². The molecule has 2 aromatic carbocycles. The summed E-state index contributed by atoms with van der Waals surface area (Å²) in [5.41, 5.74) is 6.38. The molecule has 0 unspecified atom stereocenters. The molecule has 0 atom stereocenters. The van der Waals surface area contributed by atoms with Gasteiger partial charge in [-0.2, -0.15) is 13.2 Å². The molecule has 0 aliphatic rings. The highest BCUT2D eigenvalue weighted by atomic mass is 19.4. The van der Waals surface area contributed by atoms with Crippen LogP contribution in [0.25, 0.3) is 5.57 Å². The number of alkyl halides is 3. The lowest BCUT2D eigenvalue weighted by atomic mass is 9.96.